The molecule has 0 aromatic heterocycles. The van der Waals surface area contributed by atoms with Crippen LogP contribution in [0.2, 0.25) is 0 Å². The monoisotopic (exact) mass is 303 g/mol. The Morgan fingerprint density at radius 1 is 1.55 bits per heavy atom. The highest BCUT2D eigenvalue weighted by Gasteiger charge is 2.40. The van der Waals surface area contributed by atoms with E-state index in [0.29, 0.717) is 13.2 Å². The number of ether oxygens (including phenoxy) is 2. The molecule has 0 radical (unpaired) electrons. The molecule has 6 nitrogen and oxygen atoms in total. The minimum absolute atomic E-state index is 0.265. The van der Waals surface area contributed by atoms with Gasteiger partial charge in [0.05, 0.1) is 12.8 Å². The fourth-order valence-corrected chi connectivity index (χ4v) is 3.33. The van der Waals surface area contributed by atoms with Gasteiger partial charge in [0, 0.05) is 13.0 Å². The van der Waals surface area contributed by atoms with E-state index in [1.54, 1.807) is 4.90 Å². The summed E-state index contributed by atoms with van der Waals surface area (Å²) in [5, 5.41) is 0. The van der Waals surface area contributed by atoms with Crippen LogP contribution in [-0.2, 0) is 22.3 Å². The van der Waals surface area contributed by atoms with Crippen LogP contribution in [0.15, 0.2) is 23.2 Å². The van der Waals surface area contributed by atoms with Crippen molar-refractivity contribution in [3.8, 4) is 0 Å². The molecule has 22 heavy (non-hydrogen) atoms. The van der Waals surface area contributed by atoms with Crippen LogP contribution in [0.1, 0.15) is 24.5 Å². The fourth-order valence-electron chi connectivity index (χ4n) is 3.33. The van der Waals surface area contributed by atoms with Crippen molar-refractivity contribution in [2.75, 3.05) is 25.2 Å². The van der Waals surface area contributed by atoms with Crippen LogP contribution in [0.5, 0.6) is 0 Å². The van der Waals surface area contributed by atoms with Crippen LogP contribution < -0.4 is 10.6 Å². The Hall–Kier alpha value is -2.24. The molecule has 1 amide bonds. The Balaban J connectivity index is 2.00. The third-order valence-corrected chi connectivity index (χ3v) is 4.45. The first-order valence-electron chi connectivity index (χ1n) is 7.53. The molecular formula is C16H21N3O3. The molecule has 2 N–H and O–H groups in total. The van der Waals surface area contributed by atoms with E-state index in [9.17, 15) is 4.79 Å². The number of nitrogens with zero attached hydrogens (tertiary/aromatic N) is 2. The summed E-state index contributed by atoms with van der Waals surface area (Å²) in [5.74, 6) is 0. The number of carbonyl (C=O) groups excluding carboxylic acids is 1. The first kappa shape index (κ1) is 14.7. The standard InChI is InChI=1S/C16H21N3O3/c1-3-19(15(20)21-2)13-6-4-5-11-7-8-16(9-12(11)13)10-22-14(17)18-16/h4-6H,3,7-10H2,1-2H3,(H2,17,18). The van der Waals surface area contributed by atoms with Gasteiger partial charge in [0.15, 0.2) is 0 Å². The number of amides is 1. The lowest BCUT2D eigenvalue weighted by Gasteiger charge is -2.33. The summed E-state index contributed by atoms with van der Waals surface area (Å²) >= 11 is 0. The molecule has 118 valence electrons. The molecule has 1 unspecified atom stereocenters. The molecule has 6 heteroatoms. The van der Waals surface area contributed by atoms with Crippen molar-refractivity contribution >= 4 is 17.8 Å². The summed E-state index contributed by atoms with van der Waals surface area (Å²) in [6, 6.07) is 6.32. The van der Waals surface area contributed by atoms with Crippen molar-refractivity contribution in [2.24, 2.45) is 10.7 Å². The third kappa shape index (κ3) is 2.38. The number of aliphatic imine (C=N–C) groups is 1. The average molecular weight is 303 g/mol. The van der Waals surface area contributed by atoms with Gasteiger partial charge in [0.1, 0.15) is 12.1 Å². The number of rotatable bonds is 2. The van der Waals surface area contributed by atoms with E-state index in [-0.39, 0.29) is 17.7 Å². The molecule has 1 heterocycles. The zero-order valence-corrected chi connectivity index (χ0v) is 13.0. The molecule has 1 aromatic carbocycles. The summed E-state index contributed by atoms with van der Waals surface area (Å²) in [7, 11) is 1.40. The van der Waals surface area contributed by atoms with E-state index in [2.05, 4.69) is 11.1 Å². The Labute approximate surface area is 129 Å². The molecular weight excluding hydrogens is 282 g/mol. The summed E-state index contributed by atoms with van der Waals surface area (Å²) in [4.78, 5) is 18.2. The minimum Gasteiger partial charge on any atom is -0.463 e. The van der Waals surface area contributed by atoms with Crippen LogP contribution in [0.3, 0.4) is 0 Å². The Bertz CT molecular complexity index is 629. The fraction of sp³-hybridized carbons (Fsp3) is 0.500. The van der Waals surface area contributed by atoms with Gasteiger partial charge in [-0.15, -0.1) is 0 Å². The van der Waals surface area contributed by atoms with E-state index in [4.69, 9.17) is 15.2 Å². The predicted octanol–water partition coefficient (Wildman–Crippen LogP) is 1.85. The maximum Gasteiger partial charge on any atom is 0.413 e. The molecule has 1 atom stereocenters. The third-order valence-electron chi connectivity index (χ3n) is 4.45. The van der Waals surface area contributed by atoms with Gasteiger partial charge in [0.25, 0.3) is 6.02 Å². The van der Waals surface area contributed by atoms with Crippen molar-refractivity contribution in [1.82, 2.24) is 0 Å². The van der Waals surface area contributed by atoms with Crippen molar-refractivity contribution in [3.05, 3.63) is 29.3 Å². The molecule has 0 fully saturated rings. The smallest absolute Gasteiger partial charge is 0.413 e. The number of carbonyl (C=O) groups is 1. The number of nitrogens with two attached hydrogens (primary N) is 1. The molecule has 1 aliphatic heterocycles. The lowest BCUT2D eigenvalue weighted by molar-refractivity contribution is 0.179. The molecule has 0 saturated heterocycles. The number of amidine groups is 1. The average Bonchev–Trinajstić information content (AvgIpc) is 2.88. The second-order valence-corrected chi connectivity index (χ2v) is 5.77. The maximum atomic E-state index is 12.0. The van der Waals surface area contributed by atoms with Gasteiger partial charge < -0.3 is 15.2 Å². The highest BCUT2D eigenvalue weighted by atomic mass is 16.5. The minimum atomic E-state index is -0.346. The van der Waals surface area contributed by atoms with Crippen molar-refractivity contribution in [1.29, 1.82) is 0 Å². The largest absolute Gasteiger partial charge is 0.463 e. The summed E-state index contributed by atoms with van der Waals surface area (Å²) < 4.78 is 10.3. The van der Waals surface area contributed by atoms with E-state index in [0.717, 1.165) is 30.5 Å². The summed E-state index contributed by atoms with van der Waals surface area (Å²) in [5.41, 5.74) is 8.70. The zero-order chi connectivity index (χ0) is 15.7. The van der Waals surface area contributed by atoms with Crippen LogP contribution >= 0.6 is 0 Å². The maximum absolute atomic E-state index is 12.0. The Kier molecular flexibility index (Phi) is 3.68. The van der Waals surface area contributed by atoms with Gasteiger partial charge >= 0.3 is 6.09 Å². The molecule has 2 aliphatic rings. The van der Waals surface area contributed by atoms with Crippen molar-refractivity contribution in [3.63, 3.8) is 0 Å². The lowest BCUT2D eigenvalue weighted by atomic mass is 9.78. The predicted molar refractivity (Wildman–Crippen MR) is 84.2 cm³/mol. The van der Waals surface area contributed by atoms with Gasteiger partial charge in [0.2, 0.25) is 0 Å². The van der Waals surface area contributed by atoms with Gasteiger partial charge in [-0.25, -0.2) is 9.79 Å². The van der Waals surface area contributed by atoms with Crippen LogP contribution in [-0.4, -0.2) is 37.9 Å². The van der Waals surface area contributed by atoms with E-state index in [1.807, 2.05) is 19.1 Å². The Morgan fingerprint density at radius 3 is 3.00 bits per heavy atom. The highest BCUT2D eigenvalue weighted by molar-refractivity contribution is 5.89. The second-order valence-electron chi connectivity index (χ2n) is 5.77. The molecule has 1 aromatic rings. The first-order chi connectivity index (χ1) is 10.6. The molecule has 0 saturated carbocycles. The zero-order valence-electron chi connectivity index (χ0n) is 13.0. The number of hydrogen-bond donors (Lipinski definition) is 1. The molecule has 3 rings (SSSR count). The van der Waals surface area contributed by atoms with Gasteiger partial charge in [-0.3, -0.25) is 4.90 Å². The van der Waals surface area contributed by atoms with Crippen LogP contribution in [0, 0.1) is 0 Å². The molecule has 0 bridgehead atoms. The summed E-state index contributed by atoms with van der Waals surface area (Å²) in [6.45, 7) is 3.00. The van der Waals surface area contributed by atoms with Crippen molar-refractivity contribution < 1.29 is 14.3 Å². The Morgan fingerprint density at radius 2 is 2.36 bits per heavy atom. The molecule has 1 spiro atoms. The number of aryl methyl sites for hydroxylation is 1. The topological polar surface area (TPSA) is 77.2 Å². The van der Waals surface area contributed by atoms with E-state index >= 15 is 0 Å². The molecule has 1 aliphatic carbocycles. The van der Waals surface area contributed by atoms with Gasteiger partial charge in [-0.2, -0.15) is 0 Å². The number of benzene rings is 1. The van der Waals surface area contributed by atoms with Crippen molar-refractivity contribution in [2.45, 2.75) is 31.7 Å². The van der Waals surface area contributed by atoms with Gasteiger partial charge in [-0.05, 0) is 37.0 Å². The van der Waals surface area contributed by atoms with Gasteiger partial charge in [-0.1, -0.05) is 12.1 Å². The number of fused-ring (bicyclic) bond motifs is 1. The quantitative estimate of drug-likeness (QED) is 0.904. The van der Waals surface area contributed by atoms with E-state index in [1.165, 1.54) is 12.7 Å². The number of hydrogen-bond acceptors (Lipinski definition) is 5. The lowest BCUT2D eigenvalue weighted by Crippen LogP contribution is -2.38. The SMILES string of the molecule is CCN(C(=O)OC)c1cccc2c1CC1(CC2)COC(N)=N1. The highest BCUT2D eigenvalue weighted by Crippen LogP contribution is 2.38. The van der Waals surface area contributed by atoms with E-state index < -0.39 is 0 Å². The van der Waals surface area contributed by atoms with Crippen LogP contribution in [0.25, 0.3) is 0 Å². The second kappa shape index (κ2) is 5.51. The number of methoxy groups -OCH3 is 1. The first-order valence-corrected chi connectivity index (χ1v) is 7.53. The normalized spacial score (nSPS) is 22.7. The number of anilines is 1. The van der Waals surface area contributed by atoms with Crippen LogP contribution in [0.4, 0.5) is 10.5 Å². The summed E-state index contributed by atoms with van der Waals surface area (Å²) in [6.07, 6.45) is 2.20.